The lowest BCUT2D eigenvalue weighted by molar-refractivity contribution is -0.137. The van der Waals surface area contributed by atoms with E-state index in [1.165, 1.54) is 31.4 Å². The van der Waals surface area contributed by atoms with Crippen LogP contribution < -0.4 is 14.2 Å². The number of halogens is 3. The van der Waals surface area contributed by atoms with Gasteiger partial charge in [-0.2, -0.15) is 13.2 Å². The number of hydrogen-bond donors (Lipinski definition) is 1. The number of nitrogens with one attached hydrogen (secondary N) is 1. The number of para-hydroxylation sites is 2. The maximum Gasteiger partial charge on any atom is 0.416 e. The van der Waals surface area contributed by atoms with Gasteiger partial charge < -0.3 is 9.47 Å². The van der Waals surface area contributed by atoms with Crippen LogP contribution in [0.15, 0.2) is 77.7 Å². The van der Waals surface area contributed by atoms with Gasteiger partial charge in [0.25, 0.3) is 10.0 Å². The van der Waals surface area contributed by atoms with Crippen molar-refractivity contribution < 1.29 is 31.1 Å². The van der Waals surface area contributed by atoms with E-state index in [2.05, 4.69) is 4.72 Å². The van der Waals surface area contributed by atoms with Crippen LogP contribution in [0.25, 0.3) is 0 Å². The third-order valence-corrected chi connectivity index (χ3v) is 5.28. The molecule has 0 saturated carbocycles. The van der Waals surface area contributed by atoms with Gasteiger partial charge in [-0.3, -0.25) is 4.72 Å². The largest absolute Gasteiger partial charge is 0.493 e. The van der Waals surface area contributed by atoms with E-state index in [1.54, 1.807) is 30.3 Å². The lowest BCUT2D eigenvalue weighted by Gasteiger charge is -2.17. The Morgan fingerprint density at radius 1 is 0.828 bits per heavy atom. The highest BCUT2D eigenvalue weighted by Gasteiger charge is 2.32. The zero-order valence-electron chi connectivity index (χ0n) is 15.1. The van der Waals surface area contributed by atoms with Crippen LogP contribution in [-0.2, 0) is 16.2 Å². The summed E-state index contributed by atoms with van der Waals surface area (Å²) in [5, 5.41) is 0. The Bertz CT molecular complexity index is 1100. The van der Waals surface area contributed by atoms with Crippen LogP contribution in [0.5, 0.6) is 17.2 Å². The number of rotatable bonds is 6. The van der Waals surface area contributed by atoms with Crippen molar-refractivity contribution in [2.24, 2.45) is 0 Å². The van der Waals surface area contributed by atoms with Crippen molar-refractivity contribution in [2.45, 2.75) is 11.1 Å². The number of anilines is 1. The second-order valence-corrected chi connectivity index (χ2v) is 7.56. The molecule has 0 atom stereocenters. The molecule has 0 radical (unpaired) electrons. The van der Waals surface area contributed by atoms with Gasteiger partial charge in [0.05, 0.1) is 23.3 Å². The number of benzene rings is 3. The maximum atomic E-state index is 13.2. The van der Waals surface area contributed by atoms with Gasteiger partial charge in [0.15, 0.2) is 17.2 Å². The number of ether oxygens (including phenoxy) is 2. The van der Waals surface area contributed by atoms with Crippen molar-refractivity contribution in [3.05, 3.63) is 78.4 Å². The first-order chi connectivity index (χ1) is 13.7. The molecule has 0 aromatic heterocycles. The smallest absolute Gasteiger partial charge is 0.416 e. The van der Waals surface area contributed by atoms with Crippen LogP contribution in [0.1, 0.15) is 5.56 Å². The second kappa shape index (κ2) is 8.04. The van der Waals surface area contributed by atoms with Crippen LogP contribution >= 0.6 is 0 Å². The van der Waals surface area contributed by atoms with Gasteiger partial charge >= 0.3 is 6.18 Å². The summed E-state index contributed by atoms with van der Waals surface area (Å²) in [7, 11) is -2.72. The minimum atomic E-state index is -4.66. The summed E-state index contributed by atoms with van der Waals surface area (Å²) >= 11 is 0. The average molecular weight is 423 g/mol. The highest BCUT2D eigenvalue weighted by molar-refractivity contribution is 7.92. The highest BCUT2D eigenvalue weighted by Crippen LogP contribution is 2.39. The maximum absolute atomic E-state index is 13.2. The van der Waals surface area contributed by atoms with E-state index in [0.29, 0.717) is 11.8 Å². The number of sulfonamides is 1. The molecule has 3 aromatic rings. The van der Waals surface area contributed by atoms with Crippen LogP contribution in [-0.4, -0.2) is 15.5 Å². The first-order valence-electron chi connectivity index (χ1n) is 8.31. The van der Waals surface area contributed by atoms with Gasteiger partial charge in [-0.1, -0.05) is 30.3 Å². The molecule has 152 valence electrons. The molecule has 0 unspecified atom stereocenters. The standard InChI is InChI=1S/C20H16F3NO4S/c1-27-18-9-5-6-10-19(18)28-17-12-11-14(20(21,22)23)13-16(17)24-29(25,26)15-7-3-2-4-8-15/h2-13,24H,1H3. The minimum absolute atomic E-state index is 0.0966. The molecule has 0 aliphatic carbocycles. The predicted octanol–water partition coefficient (Wildman–Crippen LogP) is 5.31. The summed E-state index contributed by atoms with van der Waals surface area (Å²) in [6.07, 6.45) is -4.66. The Labute approximate surface area is 165 Å². The van der Waals surface area contributed by atoms with Gasteiger partial charge in [-0.05, 0) is 42.5 Å². The molecule has 0 aliphatic heterocycles. The van der Waals surface area contributed by atoms with Gasteiger partial charge in [-0.25, -0.2) is 8.42 Å². The molecule has 0 saturated heterocycles. The summed E-state index contributed by atoms with van der Waals surface area (Å²) < 4.78 is 77.7. The Balaban J connectivity index is 2.05. The summed E-state index contributed by atoms with van der Waals surface area (Å²) in [6, 6.07) is 16.3. The molecule has 9 heteroatoms. The van der Waals surface area contributed by atoms with E-state index in [-0.39, 0.29) is 22.1 Å². The quantitative estimate of drug-likeness (QED) is 0.584. The molecule has 3 rings (SSSR count). The zero-order valence-corrected chi connectivity index (χ0v) is 15.9. The van der Waals surface area contributed by atoms with Crippen molar-refractivity contribution in [3.8, 4) is 17.2 Å². The molecular weight excluding hydrogens is 407 g/mol. The fourth-order valence-electron chi connectivity index (χ4n) is 2.50. The number of hydrogen-bond acceptors (Lipinski definition) is 4. The van der Waals surface area contributed by atoms with Crippen LogP contribution in [0.2, 0.25) is 0 Å². The van der Waals surface area contributed by atoms with Crippen LogP contribution in [0.4, 0.5) is 18.9 Å². The van der Waals surface area contributed by atoms with Crippen molar-refractivity contribution >= 4 is 15.7 Å². The third kappa shape index (κ3) is 4.80. The summed E-state index contributed by atoms with van der Waals surface area (Å²) in [4.78, 5) is -0.0966. The molecular formula is C20H16F3NO4S. The Morgan fingerprint density at radius 3 is 2.07 bits per heavy atom. The fourth-order valence-corrected chi connectivity index (χ4v) is 3.58. The molecule has 0 fully saturated rings. The second-order valence-electron chi connectivity index (χ2n) is 5.88. The van der Waals surface area contributed by atoms with Gasteiger partial charge in [-0.15, -0.1) is 0 Å². The van der Waals surface area contributed by atoms with E-state index in [1.807, 2.05) is 0 Å². The van der Waals surface area contributed by atoms with E-state index in [4.69, 9.17) is 9.47 Å². The molecule has 0 bridgehead atoms. The molecule has 0 heterocycles. The van der Waals surface area contributed by atoms with E-state index >= 15 is 0 Å². The topological polar surface area (TPSA) is 64.6 Å². The molecule has 0 aliphatic rings. The predicted molar refractivity (Wildman–Crippen MR) is 102 cm³/mol. The Morgan fingerprint density at radius 2 is 1.45 bits per heavy atom. The fraction of sp³-hybridized carbons (Fsp3) is 0.100. The lowest BCUT2D eigenvalue weighted by atomic mass is 10.2. The van der Waals surface area contributed by atoms with Gasteiger partial charge in [0, 0.05) is 0 Å². The minimum Gasteiger partial charge on any atom is -0.493 e. The van der Waals surface area contributed by atoms with Crippen LogP contribution in [0.3, 0.4) is 0 Å². The highest BCUT2D eigenvalue weighted by atomic mass is 32.2. The average Bonchev–Trinajstić information content (AvgIpc) is 2.69. The van der Waals surface area contributed by atoms with Gasteiger partial charge in [0.2, 0.25) is 0 Å². The molecule has 3 aromatic carbocycles. The normalized spacial score (nSPS) is 11.7. The lowest BCUT2D eigenvalue weighted by Crippen LogP contribution is -2.14. The van der Waals surface area contributed by atoms with E-state index in [9.17, 15) is 21.6 Å². The van der Waals surface area contributed by atoms with E-state index < -0.39 is 21.8 Å². The summed E-state index contributed by atoms with van der Waals surface area (Å²) in [6.45, 7) is 0. The third-order valence-electron chi connectivity index (χ3n) is 3.89. The first-order valence-corrected chi connectivity index (χ1v) is 9.79. The summed E-state index contributed by atoms with van der Waals surface area (Å²) in [5.41, 5.74) is -1.37. The van der Waals surface area contributed by atoms with Crippen molar-refractivity contribution in [3.63, 3.8) is 0 Å². The molecule has 29 heavy (non-hydrogen) atoms. The Kier molecular flexibility index (Phi) is 5.69. The van der Waals surface area contributed by atoms with E-state index in [0.717, 1.165) is 12.1 Å². The SMILES string of the molecule is COc1ccccc1Oc1ccc(C(F)(F)F)cc1NS(=O)(=O)c1ccccc1. The zero-order chi connectivity index (χ0) is 21.1. The number of methoxy groups -OCH3 is 1. The molecule has 0 amide bonds. The van der Waals surface area contributed by atoms with Gasteiger partial charge in [0.1, 0.15) is 0 Å². The Hall–Kier alpha value is -3.20. The molecule has 1 N–H and O–H groups in total. The van der Waals surface area contributed by atoms with Crippen molar-refractivity contribution in [1.29, 1.82) is 0 Å². The summed E-state index contributed by atoms with van der Waals surface area (Å²) in [5.74, 6) is 0.446. The monoisotopic (exact) mass is 423 g/mol. The number of alkyl halides is 3. The molecule has 0 spiro atoms. The van der Waals surface area contributed by atoms with Crippen LogP contribution in [0, 0.1) is 0 Å². The first kappa shape index (κ1) is 20.5. The van der Waals surface area contributed by atoms with Crippen molar-refractivity contribution in [1.82, 2.24) is 0 Å². The molecule has 5 nitrogen and oxygen atoms in total. The van der Waals surface area contributed by atoms with Crippen molar-refractivity contribution in [2.75, 3.05) is 11.8 Å².